The summed E-state index contributed by atoms with van der Waals surface area (Å²) in [6.07, 6.45) is -5.34. The van der Waals surface area contributed by atoms with Crippen LogP contribution in [0.5, 0.6) is 0 Å². The van der Waals surface area contributed by atoms with Crippen molar-refractivity contribution in [1.29, 1.82) is 0 Å². The summed E-state index contributed by atoms with van der Waals surface area (Å²) >= 11 is 0. The number of alkyl halides is 3. The normalized spacial score (nSPS) is 14.6. The molecule has 26 heavy (non-hydrogen) atoms. The van der Waals surface area contributed by atoms with Crippen molar-refractivity contribution in [3.8, 4) is 0 Å². The molecule has 1 amide bonds. The summed E-state index contributed by atoms with van der Waals surface area (Å²) in [6, 6.07) is 15.2. The number of halogens is 3. The van der Waals surface area contributed by atoms with Gasteiger partial charge in [-0.1, -0.05) is 60.7 Å². The van der Waals surface area contributed by atoms with Gasteiger partial charge in [0.05, 0.1) is 12.5 Å². The number of nitrogens with zero attached hydrogens (tertiary/aromatic N) is 1. The van der Waals surface area contributed by atoms with E-state index in [1.165, 1.54) is 6.92 Å². The molecule has 0 aliphatic carbocycles. The van der Waals surface area contributed by atoms with Gasteiger partial charge in [0.25, 0.3) is 0 Å². The maximum Gasteiger partial charge on any atom is 0.411 e. The Kier molecular flexibility index (Phi) is 6.55. The molecular weight excluding hydrogens is 341 g/mol. The van der Waals surface area contributed by atoms with Gasteiger partial charge in [0.2, 0.25) is 5.91 Å². The van der Waals surface area contributed by atoms with Crippen LogP contribution in [0, 0.1) is 0 Å². The fourth-order valence-electron chi connectivity index (χ4n) is 2.52. The average Bonchev–Trinajstić information content (AvgIpc) is 2.61. The van der Waals surface area contributed by atoms with Crippen LogP contribution in [0.25, 0.3) is 0 Å². The molecule has 0 radical (unpaired) electrons. The van der Waals surface area contributed by atoms with Crippen molar-refractivity contribution in [2.45, 2.75) is 38.5 Å². The summed E-state index contributed by atoms with van der Waals surface area (Å²) in [5.41, 5.74) is 1.67. The minimum absolute atomic E-state index is 0.247. The average molecular weight is 362 g/mol. The third-order valence-corrected chi connectivity index (χ3v) is 3.97. The van der Waals surface area contributed by atoms with E-state index in [4.69, 9.17) is 0 Å². The van der Waals surface area contributed by atoms with Crippen molar-refractivity contribution < 1.29 is 18.0 Å². The number of nitrogens with one attached hydrogen (secondary N) is 1. The van der Waals surface area contributed by atoms with E-state index in [0.29, 0.717) is 5.56 Å². The van der Waals surface area contributed by atoms with Crippen LogP contribution in [0.15, 0.2) is 65.7 Å². The second-order valence-electron chi connectivity index (χ2n) is 6.04. The van der Waals surface area contributed by atoms with E-state index in [-0.39, 0.29) is 11.8 Å². The van der Waals surface area contributed by atoms with Gasteiger partial charge in [-0.05, 0) is 25.0 Å². The number of rotatable bonds is 6. The minimum Gasteiger partial charge on any atom is -0.350 e. The van der Waals surface area contributed by atoms with Crippen LogP contribution < -0.4 is 5.32 Å². The molecule has 0 saturated heterocycles. The molecule has 1 N–H and O–H groups in total. The van der Waals surface area contributed by atoms with Crippen LogP contribution in [0.3, 0.4) is 0 Å². The van der Waals surface area contributed by atoms with Gasteiger partial charge in [0.15, 0.2) is 6.04 Å². The first-order chi connectivity index (χ1) is 12.3. The molecule has 0 aliphatic heterocycles. The molecule has 0 unspecified atom stereocenters. The second kappa shape index (κ2) is 8.65. The highest BCUT2D eigenvalue weighted by Crippen LogP contribution is 2.26. The predicted molar refractivity (Wildman–Crippen MR) is 96.1 cm³/mol. The van der Waals surface area contributed by atoms with Crippen LogP contribution in [0.1, 0.15) is 37.4 Å². The van der Waals surface area contributed by atoms with Gasteiger partial charge in [-0.2, -0.15) is 13.2 Å². The largest absolute Gasteiger partial charge is 0.411 e. The van der Waals surface area contributed by atoms with Gasteiger partial charge >= 0.3 is 6.18 Å². The number of aliphatic imine (C=N–C) groups is 1. The molecular formula is C20H21F3N2O. The molecule has 2 rings (SSSR count). The van der Waals surface area contributed by atoms with E-state index in [2.05, 4.69) is 10.3 Å². The maximum atomic E-state index is 13.3. The first-order valence-corrected chi connectivity index (χ1v) is 8.28. The van der Waals surface area contributed by atoms with Crippen LogP contribution in [0.2, 0.25) is 0 Å². The fourth-order valence-corrected chi connectivity index (χ4v) is 2.52. The van der Waals surface area contributed by atoms with Crippen LogP contribution in [-0.2, 0) is 4.79 Å². The second-order valence-corrected chi connectivity index (χ2v) is 6.04. The molecule has 6 heteroatoms. The maximum absolute atomic E-state index is 13.3. The molecule has 0 bridgehead atoms. The molecule has 2 aromatic carbocycles. The van der Waals surface area contributed by atoms with E-state index >= 15 is 0 Å². The molecule has 0 fully saturated rings. The number of hydrogen-bond acceptors (Lipinski definition) is 2. The Bertz CT molecular complexity index is 743. The Morgan fingerprint density at radius 2 is 1.58 bits per heavy atom. The molecule has 3 nitrogen and oxygen atoms in total. The molecule has 0 saturated carbocycles. The lowest BCUT2D eigenvalue weighted by Gasteiger charge is -2.19. The van der Waals surface area contributed by atoms with Crippen molar-refractivity contribution in [3.05, 3.63) is 71.8 Å². The zero-order valence-corrected chi connectivity index (χ0v) is 14.6. The van der Waals surface area contributed by atoms with Crippen LogP contribution in [0.4, 0.5) is 13.2 Å². The lowest BCUT2D eigenvalue weighted by molar-refractivity contribution is -0.154. The number of amides is 1. The number of carbonyl (C=O) groups is 1. The van der Waals surface area contributed by atoms with E-state index in [1.807, 2.05) is 30.3 Å². The third kappa shape index (κ3) is 5.72. The first-order valence-electron chi connectivity index (χ1n) is 8.28. The number of benzene rings is 2. The molecule has 0 spiro atoms. The lowest BCUT2D eigenvalue weighted by atomic mass is 10.1. The predicted octanol–water partition coefficient (Wildman–Crippen LogP) is 4.69. The van der Waals surface area contributed by atoms with Crippen molar-refractivity contribution in [3.63, 3.8) is 0 Å². The summed E-state index contributed by atoms with van der Waals surface area (Å²) in [4.78, 5) is 15.9. The first kappa shape index (κ1) is 19.7. The van der Waals surface area contributed by atoms with E-state index in [9.17, 15) is 18.0 Å². The fraction of sp³-hybridized carbons (Fsp3) is 0.300. The lowest BCUT2D eigenvalue weighted by Crippen LogP contribution is -2.36. The van der Waals surface area contributed by atoms with Gasteiger partial charge in [0, 0.05) is 5.71 Å². The summed E-state index contributed by atoms with van der Waals surface area (Å²) in [6.45, 7) is 3.24. The van der Waals surface area contributed by atoms with Crippen LogP contribution in [-0.4, -0.2) is 23.8 Å². The minimum atomic E-state index is -4.59. The highest BCUT2D eigenvalue weighted by molar-refractivity contribution is 5.98. The van der Waals surface area contributed by atoms with Crippen molar-refractivity contribution >= 4 is 11.6 Å². The standard InChI is InChI=1S/C20H21F3N2O/c1-14(16-9-5-3-6-10-16)24-18(20(21,22)23)13-19(26)25-15(2)17-11-7-4-8-12-17/h3-12,15,18H,13H2,1-2H3,(H,25,26)/t15-,18+/m0/s1. The van der Waals surface area contributed by atoms with Crippen LogP contribution >= 0.6 is 0 Å². The summed E-state index contributed by atoms with van der Waals surface area (Å²) in [5.74, 6) is -0.687. The van der Waals surface area contributed by atoms with Crippen molar-refractivity contribution in [2.24, 2.45) is 4.99 Å². The topological polar surface area (TPSA) is 41.5 Å². The highest BCUT2D eigenvalue weighted by atomic mass is 19.4. The summed E-state index contributed by atoms with van der Waals surface area (Å²) in [7, 11) is 0. The Labute approximate surface area is 151 Å². The third-order valence-electron chi connectivity index (χ3n) is 3.97. The Morgan fingerprint density at radius 3 is 2.12 bits per heavy atom. The molecule has 2 atom stereocenters. The van der Waals surface area contributed by atoms with Gasteiger partial charge in [-0.25, -0.2) is 0 Å². The summed E-state index contributed by atoms with van der Waals surface area (Å²) < 4.78 is 40.0. The zero-order valence-electron chi connectivity index (χ0n) is 14.6. The Morgan fingerprint density at radius 1 is 1.04 bits per heavy atom. The molecule has 0 heterocycles. The van der Waals surface area contributed by atoms with E-state index in [0.717, 1.165) is 5.56 Å². The molecule has 2 aromatic rings. The molecule has 0 aliphatic rings. The smallest absolute Gasteiger partial charge is 0.350 e. The SMILES string of the molecule is CC(=N[C@H](CC(=O)N[C@@H](C)c1ccccc1)C(F)(F)F)c1ccccc1. The Hall–Kier alpha value is -2.63. The van der Waals surface area contributed by atoms with E-state index in [1.54, 1.807) is 37.3 Å². The number of carbonyl (C=O) groups excluding carboxylic acids is 1. The van der Waals surface area contributed by atoms with Gasteiger partial charge in [0.1, 0.15) is 0 Å². The van der Waals surface area contributed by atoms with Gasteiger partial charge in [-0.15, -0.1) is 0 Å². The molecule has 138 valence electrons. The highest BCUT2D eigenvalue weighted by Gasteiger charge is 2.41. The van der Waals surface area contributed by atoms with Gasteiger partial charge in [-0.3, -0.25) is 9.79 Å². The monoisotopic (exact) mass is 362 g/mol. The summed E-state index contributed by atoms with van der Waals surface area (Å²) in [5, 5.41) is 2.60. The Balaban J connectivity index is 2.09. The van der Waals surface area contributed by atoms with Crippen molar-refractivity contribution in [2.75, 3.05) is 0 Å². The van der Waals surface area contributed by atoms with Crippen molar-refractivity contribution in [1.82, 2.24) is 5.32 Å². The zero-order chi connectivity index (χ0) is 19.2. The molecule has 0 aromatic heterocycles. The quantitative estimate of drug-likeness (QED) is 0.744. The number of hydrogen-bond donors (Lipinski definition) is 1. The van der Waals surface area contributed by atoms with E-state index < -0.39 is 24.5 Å². The van der Waals surface area contributed by atoms with Gasteiger partial charge < -0.3 is 5.32 Å².